The number of fused-ring (bicyclic) bond motifs is 3. The normalized spacial score (nSPS) is 31.5. The molecule has 176 valence electrons. The van der Waals surface area contributed by atoms with E-state index < -0.39 is 29.9 Å². The summed E-state index contributed by atoms with van der Waals surface area (Å²) in [5.74, 6) is -1.10. The zero-order valence-corrected chi connectivity index (χ0v) is 18.0. The highest BCUT2D eigenvalue weighted by molar-refractivity contribution is 6.30. The van der Waals surface area contributed by atoms with Crippen LogP contribution in [0.15, 0.2) is 18.2 Å². The van der Waals surface area contributed by atoms with Gasteiger partial charge in [0.1, 0.15) is 11.6 Å². The molecule has 1 saturated heterocycles. The van der Waals surface area contributed by atoms with E-state index >= 15 is 0 Å². The van der Waals surface area contributed by atoms with Crippen LogP contribution in [0.3, 0.4) is 0 Å². The second-order valence-electron chi connectivity index (χ2n) is 8.86. The van der Waals surface area contributed by atoms with Crippen molar-refractivity contribution in [2.24, 2.45) is 0 Å². The summed E-state index contributed by atoms with van der Waals surface area (Å²) >= 11 is 5.64. The van der Waals surface area contributed by atoms with Crippen LogP contribution in [-0.4, -0.2) is 48.1 Å². The van der Waals surface area contributed by atoms with Crippen LogP contribution in [0.4, 0.5) is 13.2 Å². The fraction of sp³-hybridized carbons (Fsp3) is 0.619. The molecule has 1 aromatic rings. The molecule has 1 aromatic carbocycles. The number of benzene rings is 1. The van der Waals surface area contributed by atoms with Crippen LogP contribution in [0.2, 0.25) is 5.02 Å². The second-order valence-corrected chi connectivity index (χ2v) is 9.27. The highest BCUT2D eigenvalue weighted by Crippen LogP contribution is 2.47. The topological polar surface area (TPSA) is 88.7 Å². The number of rotatable bonds is 7. The number of ether oxygens (including phenoxy) is 1. The van der Waals surface area contributed by atoms with Crippen LogP contribution < -0.4 is 20.9 Å². The molecule has 2 bridgehead atoms. The van der Waals surface area contributed by atoms with Crippen molar-refractivity contribution >= 4 is 23.4 Å². The molecule has 0 spiro atoms. The van der Waals surface area contributed by atoms with Crippen molar-refractivity contribution in [2.75, 3.05) is 6.61 Å². The van der Waals surface area contributed by atoms with Crippen LogP contribution >= 0.6 is 11.6 Å². The molecular weight excluding hydrogens is 451 g/mol. The van der Waals surface area contributed by atoms with Crippen molar-refractivity contribution in [1.29, 1.82) is 0 Å². The maximum absolute atomic E-state index is 13.5. The first-order valence-electron chi connectivity index (χ1n) is 10.6. The Kier molecular flexibility index (Phi) is 6.56. The quantitative estimate of drug-likeness (QED) is 0.564. The Morgan fingerprint density at radius 1 is 1.16 bits per heavy atom. The van der Waals surface area contributed by atoms with Crippen LogP contribution in [0, 0.1) is 5.82 Å². The van der Waals surface area contributed by atoms with Gasteiger partial charge in [0.05, 0.1) is 11.1 Å². The zero-order valence-electron chi connectivity index (χ0n) is 17.3. The van der Waals surface area contributed by atoms with Crippen LogP contribution in [0.5, 0.6) is 5.75 Å². The van der Waals surface area contributed by atoms with Gasteiger partial charge in [-0.15, -0.1) is 0 Å². The lowest BCUT2D eigenvalue weighted by molar-refractivity contribution is -0.138. The molecule has 3 saturated carbocycles. The molecular formula is C21H25ClF3N3O4. The molecule has 1 aliphatic heterocycles. The summed E-state index contributed by atoms with van der Waals surface area (Å²) in [6.45, 7) is -0.248. The van der Waals surface area contributed by atoms with Crippen molar-refractivity contribution < 1.29 is 32.3 Å². The Bertz CT molecular complexity index is 863. The maximum Gasteiger partial charge on any atom is 0.258 e. The smallest absolute Gasteiger partial charge is 0.258 e. The minimum Gasteiger partial charge on any atom is -0.484 e. The number of halogens is 4. The summed E-state index contributed by atoms with van der Waals surface area (Å²) in [5.41, 5.74) is 1.44. The molecule has 11 heteroatoms. The highest BCUT2D eigenvalue weighted by atomic mass is 35.5. The monoisotopic (exact) mass is 475 g/mol. The Labute approximate surface area is 188 Å². The Hall–Kier alpha value is -2.04. The summed E-state index contributed by atoms with van der Waals surface area (Å²) in [6, 6.07) is 2.83. The molecule has 3 aliphatic carbocycles. The number of carbonyl (C=O) groups excluding carboxylic acids is 2. The number of nitrogens with one attached hydrogen (secondary N) is 3. The van der Waals surface area contributed by atoms with Gasteiger partial charge in [-0.25, -0.2) is 13.2 Å². The number of hydrogen-bond acceptors (Lipinski definition) is 5. The van der Waals surface area contributed by atoms with Gasteiger partial charge in [0.2, 0.25) is 0 Å². The lowest BCUT2D eigenvalue weighted by Gasteiger charge is -2.54. The van der Waals surface area contributed by atoms with Crippen LogP contribution in [0.1, 0.15) is 44.9 Å². The van der Waals surface area contributed by atoms with Crippen LogP contribution in [0.25, 0.3) is 0 Å². The van der Waals surface area contributed by atoms with E-state index in [0.29, 0.717) is 38.5 Å². The molecule has 5 rings (SSSR count). The Morgan fingerprint density at radius 3 is 2.34 bits per heavy atom. The standard InChI is InChI=1S/C21H25ClF3N3O4/c22-13-2-1-12(9-14(13)23)31-11-17(29)26-20-3-6-21(7-4-20,8-5-20)27-19(30)16-10-15(18(24)25)28-32-16/h1-2,9,15-16,18,28H,3-8,10-11H2,(H,26,29)(H,27,30). The van der Waals surface area contributed by atoms with E-state index in [-0.39, 0.29) is 41.2 Å². The number of hydrogen-bond donors (Lipinski definition) is 3. The third-order valence-corrected chi connectivity index (χ3v) is 7.03. The summed E-state index contributed by atoms with van der Waals surface area (Å²) in [4.78, 5) is 30.0. The van der Waals surface area contributed by atoms with Crippen molar-refractivity contribution in [2.45, 2.75) is 74.6 Å². The molecule has 2 atom stereocenters. The number of alkyl halides is 2. The largest absolute Gasteiger partial charge is 0.484 e. The van der Waals surface area contributed by atoms with Gasteiger partial charge in [-0.1, -0.05) is 11.6 Å². The SMILES string of the molecule is O=C(COc1ccc(Cl)c(F)c1)NC12CCC(NC(=O)C3CC(C(F)F)NO3)(CC1)CC2. The molecule has 7 nitrogen and oxygen atoms in total. The van der Waals surface area contributed by atoms with E-state index in [0.717, 1.165) is 6.07 Å². The van der Waals surface area contributed by atoms with E-state index in [1.807, 2.05) is 0 Å². The van der Waals surface area contributed by atoms with Gasteiger partial charge in [-0.2, -0.15) is 5.48 Å². The van der Waals surface area contributed by atoms with Gasteiger partial charge in [0.25, 0.3) is 18.2 Å². The average molecular weight is 476 g/mol. The van der Waals surface area contributed by atoms with E-state index in [9.17, 15) is 22.8 Å². The highest BCUT2D eigenvalue weighted by Gasteiger charge is 2.51. The van der Waals surface area contributed by atoms with E-state index in [1.54, 1.807) is 0 Å². The average Bonchev–Trinajstić information content (AvgIpc) is 3.27. The van der Waals surface area contributed by atoms with Crippen molar-refractivity contribution in [3.63, 3.8) is 0 Å². The third kappa shape index (κ3) is 4.97. The minimum atomic E-state index is -2.60. The van der Waals surface area contributed by atoms with Gasteiger partial charge < -0.3 is 15.4 Å². The fourth-order valence-corrected chi connectivity index (χ4v) is 4.88. The lowest BCUT2D eigenvalue weighted by Crippen LogP contribution is -2.64. The summed E-state index contributed by atoms with van der Waals surface area (Å²) in [5, 5.41) is 6.04. The molecule has 4 aliphatic rings. The van der Waals surface area contributed by atoms with Crippen LogP contribution in [-0.2, 0) is 14.4 Å². The van der Waals surface area contributed by atoms with Gasteiger partial charge >= 0.3 is 0 Å². The fourth-order valence-electron chi connectivity index (χ4n) is 4.76. The molecule has 4 fully saturated rings. The van der Waals surface area contributed by atoms with E-state index in [4.69, 9.17) is 21.2 Å². The minimum absolute atomic E-state index is 0.0229. The van der Waals surface area contributed by atoms with Crippen molar-refractivity contribution in [1.82, 2.24) is 16.1 Å². The third-order valence-electron chi connectivity index (χ3n) is 6.73. The van der Waals surface area contributed by atoms with Gasteiger partial charge in [0.15, 0.2) is 12.7 Å². The molecule has 2 unspecified atom stereocenters. The lowest BCUT2D eigenvalue weighted by atomic mass is 9.61. The van der Waals surface area contributed by atoms with Crippen molar-refractivity contribution in [3.8, 4) is 5.75 Å². The van der Waals surface area contributed by atoms with Gasteiger partial charge in [-0.05, 0) is 50.7 Å². The van der Waals surface area contributed by atoms with Gasteiger partial charge in [0, 0.05) is 23.6 Å². The molecule has 1 heterocycles. The first-order valence-corrected chi connectivity index (χ1v) is 11.0. The first-order chi connectivity index (χ1) is 15.2. The van der Waals surface area contributed by atoms with E-state index in [2.05, 4.69) is 16.1 Å². The summed E-state index contributed by atoms with van der Waals surface area (Å²) < 4.78 is 44.4. The predicted octanol–water partition coefficient (Wildman–Crippen LogP) is 2.86. The zero-order chi connectivity index (χ0) is 22.9. The first kappa shape index (κ1) is 23.1. The predicted molar refractivity (Wildman–Crippen MR) is 109 cm³/mol. The summed E-state index contributed by atoms with van der Waals surface area (Å²) in [6.07, 6.45) is 0.432. The van der Waals surface area contributed by atoms with E-state index in [1.165, 1.54) is 12.1 Å². The van der Waals surface area contributed by atoms with Gasteiger partial charge in [-0.3, -0.25) is 14.4 Å². The molecule has 3 N–H and O–H groups in total. The molecule has 0 radical (unpaired) electrons. The number of amides is 2. The second kappa shape index (κ2) is 9.07. The summed E-state index contributed by atoms with van der Waals surface area (Å²) in [7, 11) is 0. The Balaban J connectivity index is 1.25. The van der Waals surface area contributed by atoms with Crippen molar-refractivity contribution in [3.05, 3.63) is 29.0 Å². The Morgan fingerprint density at radius 2 is 1.78 bits per heavy atom. The molecule has 32 heavy (non-hydrogen) atoms. The molecule has 0 aromatic heterocycles. The maximum atomic E-state index is 13.5. The molecule has 2 amide bonds. The number of hydroxylamine groups is 1. The number of carbonyl (C=O) groups is 2.